The molecule has 1 fully saturated rings. The Kier molecular flexibility index (Phi) is 2.68. The highest BCUT2D eigenvalue weighted by molar-refractivity contribution is 5.82. The summed E-state index contributed by atoms with van der Waals surface area (Å²) in [6, 6.07) is 0.0931. The Labute approximate surface area is 86.9 Å². The van der Waals surface area contributed by atoms with Gasteiger partial charge in [-0.1, -0.05) is 6.92 Å². The van der Waals surface area contributed by atoms with E-state index in [0.29, 0.717) is 5.89 Å². The predicted molar refractivity (Wildman–Crippen MR) is 50.5 cm³/mol. The van der Waals surface area contributed by atoms with Crippen LogP contribution in [0.1, 0.15) is 42.3 Å². The average molecular weight is 211 g/mol. The number of rotatable bonds is 3. The van der Waals surface area contributed by atoms with Crippen LogP contribution in [-0.2, 0) is 0 Å². The van der Waals surface area contributed by atoms with Crippen molar-refractivity contribution < 1.29 is 14.4 Å². The van der Waals surface area contributed by atoms with Crippen LogP contribution in [0.2, 0.25) is 0 Å². The quantitative estimate of drug-likeness (QED) is 0.801. The summed E-state index contributed by atoms with van der Waals surface area (Å²) in [5.74, 6) is -0.981. The van der Waals surface area contributed by atoms with Crippen LogP contribution in [0, 0.1) is 0 Å². The van der Waals surface area contributed by atoms with Crippen molar-refractivity contribution >= 4 is 5.97 Å². The molecule has 0 aliphatic carbocycles. The first-order chi connectivity index (χ1) is 7.22. The zero-order valence-corrected chi connectivity index (χ0v) is 8.51. The van der Waals surface area contributed by atoms with Gasteiger partial charge in [0.25, 0.3) is 5.82 Å². The smallest absolute Gasteiger partial charge is 0.377 e. The zero-order valence-electron chi connectivity index (χ0n) is 8.51. The molecule has 1 aliphatic heterocycles. The number of hydrogen-bond donors (Lipinski definition) is 1. The van der Waals surface area contributed by atoms with Gasteiger partial charge in [0.1, 0.15) is 0 Å². The Morgan fingerprint density at radius 1 is 1.73 bits per heavy atom. The van der Waals surface area contributed by atoms with Gasteiger partial charge in [-0.3, -0.25) is 4.90 Å². The van der Waals surface area contributed by atoms with Crippen LogP contribution in [0.3, 0.4) is 0 Å². The van der Waals surface area contributed by atoms with E-state index in [4.69, 9.17) is 9.63 Å². The minimum Gasteiger partial charge on any atom is -0.475 e. The molecule has 0 saturated carbocycles. The third-order valence-corrected chi connectivity index (χ3v) is 2.69. The highest BCUT2D eigenvalue weighted by atomic mass is 16.5. The summed E-state index contributed by atoms with van der Waals surface area (Å²) in [5.41, 5.74) is 0. The van der Waals surface area contributed by atoms with Gasteiger partial charge >= 0.3 is 5.97 Å². The number of carboxylic acids is 1. The van der Waals surface area contributed by atoms with Gasteiger partial charge in [0.15, 0.2) is 0 Å². The predicted octanol–water partition coefficient (Wildman–Crippen LogP) is 0.925. The van der Waals surface area contributed by atoms with E-state index in [1.165, 1.54) is 0 Å². The van der Waals surface area contributed by atoms with Gasteiger partial charge in [0, 0.05) is 0 Å². The highest BCUT2D eigenvalue weighted by Crippen LogP contribution is 2.30. The van der Waals surface area contributed by atoms with Crippen molar-refractivity contribution in [1.82, 2.24) is 15.0 Å². The number of carboxylic acid groups (broad SMARTS) is 1. The molecular weight excluding hydrogens is 198 g/mol. The Balaban J connectivity index is 2.18. The van der Waals surface area contributed by atoms with Gasteiger partial charge in [-0.25, -0.2) is 4.79 Å². The summed E-state index contributed by atoms with van der Waals surface area (Å²) in [6.45, 7) is 3.98. The van der Waals surface area contributed by atoms with E-state index < -0.39 is 5.97 Å². The number of likely N-dealkylation sites (tertiary alicyclic amines) is 1. The van der Waals surface area contributed by atoms with Crippen LogP contribution >= 0.6 is 0 Å². The van der Waals surface area contributed by atoms with E-state index in [1.807, 2.05) is 0 Å². The van der Waals surface area contributed by atoms with Crippen LogP contribution in [0.25, 0.3) is 0 Å². The van der Waals surface area contributed by atoms with Gasteiger partial charge in [-0.05, 0) is 31.1 Å². The third-order valence-electron chi connectivity index (χ3n) is 2.69. The fourth-order valence-corrected chi connectivity index (χ4v) is 1.94. The fourth-order valence-electron chi connectivity index (χ4n) is 1.94. The maximum Gasteiger partial charge on any atom is 0.377 e. The Morgan fingerprint density at radius 2 is 2.53 bits per heavy atom. The van der Waals surface area contributed by atoms with Crippen molar-refractivity contribution in [1.29, 1.82) is 0 Å². The molecule has 0 spiro atoms. The molecular formula is C9H13N3O3. The summed E-state index contributed by atoms with van der Waals surface area (Å²) in [4.78, 5) is 16.7. The molecule has 6 nitrogen and oxygen atoms in total. The van der Waals surface area contributed by atoms with Crippen molar-refractivity contribution in [2.45, 2.75) is 25.8 Å². The first-order valence-corrected chi connectivity index (χ1v) is 5.03. The van der Waals surface area contributed by atoms with E-state index in [2.05, 4.69) is 22.0 Å². The molecule has 1 saturated heterocycles. The molecule has 1 unspecified atom stereocenters. The Bertz CT molecular complexity index is 363. The number of hydrogen-bond acceptors (Lipinski definition) is 5. The van der Waals surface area contributed by atoms with E-state index in [9.17, 15) is 4.79 Å². The molecule has 6 heteroatoms. The van der Waals surface area contributed by atoms with Crippen molar-refractivity contribution in [2.24, 2.45) is 0 Å². The number of aromatic nitrogens is 2. The lowest BCUT2D eigenvalue weighted by atomic mass is 10.2. The van der Waals surface area contributed by atoms with E-state index in [0.717, 1.165) is 25.9 Å². The van der Waals surface area contributed by atoms with Crippen LogP contribution in [0.5, 0.6) is 0 Å². The fraction of sp³-hybridized carbons (Fsp3) is 0.667. The molecule has 2 heterocycles. The SMILES string of the molecule is CCN1CCCC1c1nc(C(=O)O)no1. The van der Waals surface area contributed by atoms with Gasteiger partial charge in [0.05, 0.1) is 6.04 Å². The molecule has 15 heavy (non-hydrogen) atoms. The highest BCUT2D eigenvalue weighted by Gasteiger charge is 2.30. The lowest BCUT2D eigenvalue weighted by Crippen LogP contribution is -2.22. The lowest BCUT2D eigenvalue weighted by molar-refractivity contribution is 0.0680. The maximum absolute atomic E-state index is 10.6. The number of aromatic carboxylic acids is 1. The van der Waals surface area contributed by atoms with Crippen molar-refractivity contribution in [2.75, 3.05) is 13.1 Å². The maximum atomic E-state index is 10.6. The standard InChI is InChI=1S/C9H13N3O3/c1-2-12-5-3-4-6(12)8-10-7(9(13)14)11-15-8/h6H,2-5H2,1H3,(H,13,14). The van der Waals surface area contributed by atoms with Crippen molar-refractivity contribution in [3.05, 3.63) is 11.7 Å². The minimum absolute atomic E-state index is 0.0931. The second kappa shape index (κ2) is 3.98. The summed E-state index contributed by atoms with van der Waals surface area (Å²) in [7, 11) is 0. The normalized spacial score (nSPS) is 22.1. The topological polar surface area (TPSA) is 79.5 Å². The monoisotopic (exact) mass is 211 g/mol. The number of nitrogens with zero attached hydrogens (tertiary/aromatic N) is 3. The first-order valence-electron chi connectivity index (χ1n) is 5.03. The average Bonchev–Trinajstić information content (AvgIpc) is 2.85. The second-order valence-corrected chi connectivity index (χ2v) is 3.55. The van der Waals surface area contributed by atoms with E-state index in [-0.39, 0.29) is 11.9 Å². The molecule has 1 N–H and O–H groups in total. The van der Waals surface area contributed by atoms with Gasteiger partial charge in [-0.2, -0.15) is 4.98 Å². The molecule has 1 aromatic rings. The second-order valence-electron chi connectivity index (χ2n) is 3.55. The minimum atomic E-state index is -1.15. The van der Waals surface area contributed by atoms with E-state index in [1.54, 1.807) is 0 Å². The van der Waals surface area contributed by atoms with E-state index >= 15 is 0 Å². The van der Waals surface area contributed by atoms with Crippen LogP contribution in [0.4, 0.5) is 0 Å². The van der Waals surface area contributed by atoms with Crippen LogP contribution in [0.15, 0.2) is 4.52 Å². The van der Waals surface area contributed by atoms with Crippen LogP contribution < -0.4 is 0 Å². The Morgan fingerprint density at radius 3 is 3.13 bits per heavy atom. The molecule has 0 bridgehead atoms. The zero-order chi connectivity index (χ0) is 10.8. The Hall–Kier alpha value is -1.43. The number of carbonyl (C=O) groups is 1. The van der Waals surface area contributed by atoms with Gasteiger partial charge < -0.3 is 9.63 Å². The molecule has 1 aliphatic rings. The molecule has 1 atom stereocenters. The van der Waals surface area contributed by atoms with Crippen LogP contribution in [-0.4, -0.2) is 39.2 Å². The van der Waals surface area contributed by atoms with Gasteiger partial charge in [-0.15, -0.1) is 0 Å². The first kappa shape index (κ1) is 10.1. The lowest BCUT2D eigenvalue weighted by Gasteiger charge is -2.18. The summed E-state index contributed by atoms with van der Waals surface area (Å²) < 4.78 is 4.96. The molecule has 1 aromatic heterocycles. The molecule has 2 rings (SSSR count). The molecule has 0 aromatic carbocycles. The van der Waals surface area contributed by atoms with Crippen molar-refractivity contribution in [3.8, 4) is 0 Å². The molecule has 82 valence electrons. The molecule has 0 radical (unpaired) electrons. The summed E-state index contributed by atoms with van der Waals surface area (Å²) in [6.07, 6.45) is 2.04. The third kappa shape index (κ3) is 1.85. The summed E-state index contributed by atoms with van der Waals surface area (Å²) in [5, 5.41) is 12.1. The summed E-state index contributed by atoms with van der Waals surface area (Å²) >= 11 is 0. The molecule has 0 amide bonds. The van der Waals surface area contributed by atoms with Crippen molar-refractivity contribution in [3.63, 3.8) is 0 Å². The largest absolute Gasteiger partial charge is 0.475 e. The van der Waals surface area contributed by atoms with Gasteiger partial charge in [0.2, 0.25) is 5.89 Å².